The fourth-order valence-electron chi connectivity index (χ4n) is 3.95. The van der Waals surface area contributed by atoms with Crippen LogP contribution in [0.4, 0.5) is 0 Å². The predicted molar refractivity (Wildman–Crippen MR) is 103 cm³/mol. The van der Waals surface area contributed by atoms with E-state index in [9.17, 15) is 4.79 Å². The van der Waals surface area contributed by atoms with E-state index in [2.05, 4.69) is 47.8 Å². The number of rotatable bonds is 4. The number of benzene rings is 2. The largest absolute Gasteiger partial charge is 0.315 e. The molecule has 3 nitrogen and oxygen atoms in total. The first kappa shape index (κ1) is 16.1. The quantitative estimate of drug-likeness (QED) is 0.789. The first-order valence-corrected chi connectivity index (χ1v) is 9.12. The van der Waals surface area contributed by atoms with Crippen molar-refractivity contribution in [3.05, 3.63) is 81.8 Å². The molecule has 4 rings (SSSR count). The molecule has 0 amide bonds. The lowest BCUT2D eigenvalue weighted by molar-refractivity contribution is 0.449. The van der Waals surface area contributed by atoms with Gasteiger partial charge in [-0.25, -0.2) is 0 Å². The van der Waals surface area contributed by atoms with Crippen LogP contribution in [-0.4, -0.2) is 11.1 Å². The molecular formula is C22H24N2O. The van der Waals surface area contributed by atoms with Gasteiger partial charge in [0.25, 0.3) is 0 Å². The molecule has 128 valence electrons. The second kappa shape index (κ2) is 6.85. The number of fused-ring (bicyclic) bond motifs is 2. The van der Waals surface area contributed by atoms with Crippen LogP contribution in [0.1, 0.15) is 35.7 Å². The van der Waals surface area contributed by atoms with Crippen LogP contribution in [0.3, 0.4) is 0 Å². The van der Waals surface area contributed by atoms with Gasteiger partial charge in [-0.3, -0.25) is 4.79 Å². The van der Waals surface area contributed by atoms with Gasteiger partial charge in [-0.05, 0) is 54.1 Å². The van der Waals surface area contributed by atoms with Crippen molar-refractivity contribution in [2.45, 2.75) is 31.7 Å². The van der Waals surface area contributed by atoms with Gasteiger partial charge in [0, 0.05) is 24.8 Å². The Labute approximate surface area is 148 Å². The lowest BCUT2D eigenvalue weighted by Gasteiger charge is -2.28. The van der Waals surface area contributed by atoms with Crippen LogP contribution < -0.4 is 10.9 Å². The fraction of sp³-hybridized carbons (Fsp3) is 0.318. The minimum atomic E-state index is 0.0931. The minimum Gasteiger partial charge on any atom is -0.315 e. The molecule has 1 N–H and O–H groups in total. The third-order valence-electron chi connectivity index (χ3n) is 5.37. The van der Waals surface area contributed by atoms with Gasteiger partial charge in [0.1, 0.15) is 0 Å². The molecule has 0 fully saturated rings. The summed E-state index contributed by atoms with van der Waals surface area (Å²) in [6.07, 6.45) is 4.30. The van der Waals surface area contributed by atoms with Gasteiger partial charge in [-0.1, -0.05) is 48.5 Å². The Kier molecular flexibility index (Phi) is 4.41. The highest BCUT2D eigenvalue weighted by Gasteiger charge is 2.21. The fourth-order valence-corrected chi connectivity index (χ4v) is 3.95. The van der Waals surface area contributed by atoms with Crippen LogP contribution in [0.25, 0.3) is 10.8 Å². The molecular weight excluding hydrogens is 308 g/mol. The van der Waals surface area contributed by atoms with E-state index in [1.807, 2.05) is 17.7 Å². The van der Waals surface area contributed by atoms with Gasteiger partial charge in [-0.15, -0.1) is 0 Å². The summed E-state index contributed by atoms with van der Waals surface area (Å²) in [5, 5.41) is 6.30. The number of aromatic nitrogens is 1. The van der Waals surface area contributed by atoms with E-state index in [1.54, 1.807) is 6.07 Å². The summed E-state index contributed by atoms with van der Waals surface area (Å²) in [6, 6.07) is 19.3. The first-order chi connectivity index (χ1) is 12.2. The van der Waals surface area contributed by atoms with E-state index >= 15 is 0 Å². The SMILES string of the molecule is Cn1c2c(ccc1=O)C(NCCc1ccc3ccccc3c1)CCC2. The van der Waals surface area contributed by atoms with Crippen LogP contribution >= 0.6 is 0 Å². The minimum absolute atomic E-state index is 0.0931. The molecule has 1 unspecified atom stereocenters. The van der Waals surface area contributed by atoms with Gasteiger partial charge in [-0.2, -0.15) is 0 Å². The molecule has 0 saturated carbocycles. The highest BCUT2D eigenvalue weighted by atomic mass is 16.1. The highest BCUT2D eigenvalue weighted by Crippen LogP contribution is 2.28. The summed E-state index contributed by atoms with van der Waals surface area (Å²) >= 11 is 0. The molecule has 0 saturated heterocycles. The Hall–Kier alpha value is -2.39. The maximum Gasteiger partial charge on any atom is 0.250 e. The molecule has 25 heavy (non-hydrogen) atoms. The zero-order valence-electron chi connectivity index (χ0n) is 14.7. The lowest BCUT2D eigenvalue weighted by atomic mass is 9.91. The van der Waals surface area contributed by atoms with Crippen molar-refractivity contribution in [1.29, 1.82) is 0 Å². The normalized spacial score (nSPS) is 16.8. The Morgan fingerprint density at radius 3 is 2.80 bits per heavy atom. The van der Waals surface area contributed by atoms with Gasteiger partial charge >= 0.3 is 0 Å². The van der Waals surface area contributed by atoms with Crippen molar-refractivity contribution in [1.82, 2.24) is 9.88 Å². The maximum absolute atomic E-state index is 11.8. The van der Waals surface area contributed by atoms with Crippen molar-refractivity contribution in [3.63, 3.8) is 0 Å². The zero-order chi connectivity index (χ0) is 17.2. The van der Waals surface area contributed by atoms with E-state index < -0.39 is 0 Å². The van der Waals surface area contributed by atoms with Gasteiger partial charge in [0.2, 0.25) is 5.56 Å². The topological polar surface area (TPSA) is 34.0 Å². The molecule has 1 aliphatic rings. The Bertz CT molecular complexity index is 958. The summed E-state index contributed by atoms with van der Waals surface area (Å²) in [5.41, 5.74) is 3.95. The van der Waals surface area contributed by atoms with Crippen LogP contribution in [0.5, 0.6) is 0 Å². The number of hydrogen-bond acceptors (Lipinski definition) is 2. The first-order valence-electron chi connectivity index (χ1n) is 9.12. The molecule has 3 heteroatoms. The van der Waals surface area contributed by atoms with E-state index in [1.165, 1.54) is 27.6 Å². The van der Waals surface area contributed by atoms with E-state index in [-0.39, 0.29) is 5.56 Å². The van der Waals surface area contributed by atoms with Crippen molar-refractivity contribution in [2.75, 3.05) is 6.54 Å². The maximum atomic E-state index is 11.8. The van der Waals surface area contributed by atoms with Gasteiger partial charge in [0.15, 0.2) is 0 Å². The third-order valence-corrected chi connectivity index (χ3v) is 5.37. The zero-order valence-corrected chi connectivity index (χ0v) is 14.7. The summed E-state index contributed by atoms with van der Waals surface area (Å²) in [5.74, 6) is 0. The van der Waals surface area contributed by atoms with Crippen molar-refractivity contribution < 1.29 is 0 Å². The Morgan fingerprint density at radius 2 is 1.92 bits per heavy atom. The highest BCUT2D eigenvalue weighted by molar-refractivity contribution is 5.82. The molecule has 1 atom stereocenters. The standard InChI is InChI=1S/C22H24N2O/c1-24-21-8-4-7-20(19(21)11-12-22(24)25)23-14-13-16-9-10-17-5-2-3-6-18(17)15-16/h2-3,5-6,9-12,15,20,23H,4,7-8,13-14H2,1H3. The summed E-state index contributed by atoms with van der Waals surface area (Å²) in [7, 11) is 1.89. The van der Waals surface area contributed by atoms with Crippen molar-refractivity contribution in [3.8, 4) is 0 Å². The van der Waals surface area contributed by atoms with E-state index in [0.717, 1.165) is 32.2 Å². The number of nitrogens with zero attached hydrogens (tertiary/aromatic N) is 1. The molecule has 3 aromatic rings. The lowest BCUT2D eigenvalue weighted by Crippen LogP contribution is -2.31. The average molecular weight is 332 g/mol. The van der Waals surface area contributed by atoms with E-state index in [0.29, 0.717) is 6.04 Å². The number of hydrogen-bond donors (Lipinski definition) is 1. The monoisotopic (exact) mass is 332 g/mol. The molecule has 1 heterocycles. The number of pyridine rings is 1. The second-order valence-electron chi connectivity index (χ2n) is 6.96. The van der Waals surface area contributed by atoms with Gasteiger partial charge in [0.05, 0.1) is 0 Å². The summed E-state index contributed by atoms with van der Waals surface area (Å²) in [4.78, 5) is 11.8. The van der Waals surface area contributed by atoms with Crippen LogP contribution in [0, 0.1) is 0 Å². The number of nitrogens with one attached hydrogen (secondary N) is 1. The van der Waals surface area contributed by atoms with Crippen LogP contribution in [-0.2, 0) is 19.9 Å². The van der Waals surface area contributed by atoms with Crippen molar-refractivity contribution >= 4 is 10.8 Å². The summed E-state index contributed by atoms with van der Waals surface area (Å²) < 4.78 is 1.81. The molecule has 0 spiro atoms. The van der Waals surface area contributed by atoms with Crippen LogP contribution in [0.2, 0.25) is 0 Å². The predicted octanol–water partition coefficient (Wildman–Crippen LogP) is 3.75. The third kappa shape index (κ3) is 3.24. The smallest absolute Gasteiger partial charge is 0.250 e. The molecule has 0 radical (unpaired) electrons. The molecule has 0 aliphatic heterocycles. The Balaban J connectivity index is 1.45. The molecule has 0 bridgehead atoms. The molecule has 1 aromatic heterocycles. The average Bonchev–Trinajstić information content (AvgIpc) is 2.65. The van der Waals surface area contributed by atoms with Crippen molar-refractivity contribution in [2.24, 2.45) is 7.05 Å². The Morgan fingerprint density at radius 1 is 1.08 bits per heavy atom. The summed E-state index contributed by atoms with van der Waals surface area (Å²) in [6.45, 7) is 0.950. The molecule has 2 aromatic carbocycles. The van der Waals surface area contributed by atoms with E-state index in [4.69, 9.17) is 0 Å². The van der Waals surface area contributed by atoms with Crippen LogP contribution in [0.15, 0.2) is 59.4 Å². The van der Waals surface area contributed by atoms with Gasteiger partial charge < -0.3 is 9.88 Å². The second-order valence-corrected chi connectivity index (χ2v) is 6.96. The molecule has 1 aliphatic carbocycles.